The molecule has 0 aliphatic carbocycles. The summed E-state index contributed by atoms with van der Waals surface area (Å²) in [7, 11) is 0. The van der Waals surface area contributed by atoms with Gasteiger partial charge in [-0.3, -0.25) is 4.68 Å². The van der Waals surface area contributed by atoms with Gasteiger partial charge in [-0.2, -0.15) is 5.10 Å². The summed E-state index contributed by atoms with van der Waals surface area (Å²) in [6.07, 6.45) is 1.76. The molecule has 0 amide bonds. The van der Waals surface area contributed by atoms with Gasteiger partial charge in [-0.1, -0.05) is 17.7 Å². The summed E-state index contributed by atoms with van der Waals surface area (Å²) in [6, 6.07) is 6.28. The molecule has 0 bridgehead atoms. The Morgan fingerprint density at radius 3 is 2.80 bits per heavy atom. The van der Waals surface area contributed by atoms with E-state index in [0.29, 0.717) is 12.4 Å². The number of hydrogen-bond acceptors (Lipinski definition) is 2. The van der Waals surface area contributed by atoms with E-state index in [2.05, 4.69) is 5.10 Å². The second kappa shape index (κ2) is 3.90. The van der Waals surface area contributed by atoms with Crippen LogP contribution >= 0.6 is 11.6 Å². The number of nitrogen functional groups attached to an aromatic ring is 1. The van der Waals surface area contributed by atoms with Crippen molar-refractivity contribution in [1.29, 1.82) is 0 Å². The van der Waals surface area contributed by atoms with Crippen LogP contribution in [0.4, 0.5) is 10.2 Å². The lowest BCUT2D eigenvalue weighted by molar-refractivity contribution is 0.625. The van der Waals surface area contributed by atoms with Crippen molar-refractivity contribution in [2.24, 2.45) is 0 Å². The molecule has 0 saturated heterocycles. The smallest absolute Gasteiger partial charge is 0.145 e. The normalized spacial score (nSPS) is 10.5. The van der Waals surface area contributed by atoms with Crippen LogP contribution in [0.25, 0.3) is 0 Å². The molecule has 2 rings (SSSR count). The third kappa shape index (κ3) is 2.27. The van der Waals surface area contributed by atoms with Gasteiger partial charge >= 0.3 is 0 Å². The highest BCUT2D eigenvalue weighted by molar-refractivity contribution is 6.30. The average Bonchev–Trinajstić information content (AvgIpc) is 2.58. The molecule has 15 heavy (non-hydrogen) atoms. The van der Waals surface area contributed by atoms with Crippen LogP contribution < -0.4 is 5.73 Å². The predicted octanol–water partition coefficient (Wildman–Crippen LogP) is 2.31. The van der Waals surface area contributed by atoms with E-state index in [4.69, 9.17) is 17.3 Å². The van der Waals surface area contributed by atoms with Gasteiger partial charge in [0.25, 0.3) is 0 Å². The van der Waals surface area contributed by atoms with Crippen molar-refractivity contribution in [1.82, 2.24) is 9.78 Å². The Morgan fingerprint density at radius 1 is 1.40 bits per heavy atom. The second-order valence-electron chi connectivity index (χ2n) is 3.19. The topological polar surface area (TPSA) is 43.8 Å². The Labute approximate surface area is 91.3 Å². The van der Waals surface area contributed by atoms with Gasteiger partial charge in [0.15, 0.2) is 0 Å². The second-order valence-corrected chi connectivity index (χ2v) is 3.59. The molecule has 0 aliphatic heterocycles. The fourth-order valence-electron chi connectivity index (χ4n) is 1.29. The Hall–Kier alpha value is -1.55. The van der Waals surface area contributed by atoms with Crippen LogP contribution in [0.5, 0.6) is 0 Å². The number of nitrogens with two attached hydrogens (primary N) is 1. The Morgan fingerprint density at radius 2 is 2.20 bits per heavy atom. The number of aromatic nitrogens is 2. The van der Waals surface area contributed by atoms with Crippen molar-refractivity contribution in [2.45, 2.75) is 6.54 Å². The van der Waals surface area contributed by atoms with Crippen molar-refractivity contribution in [3.05, 3.63) is 46.9 Å². The molecule has 1 aromatic carbocycles. The number of anilines is 1. The minimum absolute atomic E-state index is 0.118. The summed E-state index contributed by atoms with van der Waals surface area (Å²) < 4.78 is 14.5. The van der Waals surface area contributed by atoms with Gasteiger partial charge in [0.05, 0.1) is 11.6 Å². The van der Waals surface area contributed by atoms with E-state index in [9.17, 15) is 4.39 Å². The highest BCUT2D eigenvalue weighted by atomic mass is 35.5. The molecule has 2 aromatic rings. The van der Waals surface area contributed by atoms with Gasteiger partial charge in [0.1, 0.15) is 11.6 Å². The molecule has 0 unspecified atom stereocenters. The van der Waals surface area contributed by atoms with Crippen LogP contribution in [0, 0.1) is 5.82 Å². The highest BCUT2D eigenvalue weighted by Gasteiger charge is 2.02. The van der Waals surface area contributed by atoms with E-state index in [1.165, 1.54) is 6.07 Å². The third-order valence-electron chi connectivity index (χ3n) is 1.99. The van der Waals surface area contributed by atoms with Gasteiger partial charge < -0.3 is 5.73 Å². The minimum atomic E-state index is -0.416. The number of halogens is 2. The van der Waals surface area contributed by atoms with Gasteiger partial charge in [-0.25, -0.2) is 4.39 Å². The zero-order valence-corrected chi connectivity index (χ0v) is 8.58. The third-order valence-corrected chi connectivity index (χ3v) is 2.28. The first kappa shape index (κ1) is 9.98. The standard InChI is InChI=1S/C10H9ClFN3/c11-8-5-7(1-2-9(8)12)6-15-4-3-10(13)14-15/h1-5H,6H2,(H2,13,14). The maximum Gasteiger partial charge on any atom is 0.145 e. The minimum Gasteiger partial charge on any atom is -0.382 e. The van der Waals surface area contributed by atoms with Crippen LogP contribution in [-0.4, -0.2) is 9.78 Å². The van der Waals surface area contributed by atoms with Gasteiger partial charge in [0.2, 0.25) is 0 Å². The fourth-order valence-corrected chi connectivity index (χ4v) is 1.49. The number of nitrogens with zero attached hydrogens (tertiary/aromatic N) is 2. The largest absolute Gasteiger partial charge is 0.382 e. The summed E-state index contributed by atoms with van der Waals surface area (Å²) >= 11 is 5.66. The molecule has 3 nitrogen and oxygen atoms in total. The van der Waals surface area contributed by atoms with Crippen molar-refractivity contribution in [3.8, 4) is 0 Å². The first-order valence-corrected chi connectivity index (χ1v) is 4.76. The Kier molecular flexibility index (Phi) is 2.60. The lowest BCUT2D eigenvalue weighted by atomic mass is 10.2. The van der Waals surface area contributed by atoms with Crippen molar-refractivity contribution in [3.63, 3.8) is 0 Å². The van der Waals surface area contributed by atoms with Gasteiger partial charge in [-0.15, -0.1) is 0 Å². The molecule has 0 aliphatic rings. The summed E-state index contributed by atoms with van der Waals surface area (Å²) in [6.45, 7) is 0.525. The van der Waals surface area contributed by atoms with E-state index in [0.717, 1.165) is 5.56 Å². The van der Waals surface area contributed by atoms with E-state index in [1.54, 1.807) is 29.1 Å². The summed E-state index contributed by atoms with van der Waals surface area (Å²) in [5.74, 6) is 0.0450. The fraction of sp³-hybridized carbons (Fsp3) is 0.100. The molecule has 2 N–H and O–H groups in total. The number of hydrogen-bond donors (Lipinski definition) is 1. The van der Waals surface area contributed by atoms with Crippen LogP contribution in [-0.2, 0) is 6.54 Å². The van der Waals surface area contributed by atoms with Crippen LogP contribution in [0.3, 0.4) is 0 Å². The van der Waals surface area contributed by atoms with E-state index < -0.39 is 5.82 Å². The zero-order valence-electron chi connectivity index (χ0n) is 7.82. The van der Waals surface area contributed by atoms with Crippen LogP contribution in [0.2, 0.25) is 5.02 Å². The molecule has 1 aromatic heterocycles. The van der Waals surface area contributed by atoms with E-state index >= 15 is 0 Å². The van der Waals surface area contributed by atoms with Gasteiger partial charge in [-0.05, 0) is 23.8 Å². The molecule has 1 heterocycles. The lowest BCUT2D eigenvalue weighted by Gasteiger charge is -2.02. The highest BCUT2D eigenvalue weighted by Crippen LogP contribution is 2.16. The number of rotatable bonds is 2. The summed E-state index contributed by atoms with van der Waals surface area (Å²) in [5.41, 5.74) is 6.35. The van der Waals surface area contributed by atoms with Crippen molar-refractivity contribution >= 4 is 17.4 Å². The SMILES string of the molecule is Nc1ccn(Cc2ccc(F)c(Cl)c2)n1. The molecule has 0 saturated carbocycles. The Bertz CT molecular complexity index is 481. The first-order valence-electron chi connectivity index (χ1n) is 4.38. The van der Waals surface area contributed by atoms with E-state index in [1.807, 2.05) is 0 Å². The molecular weight excluding hydrogens is 217 g/mol. The molecule has 0 atom stereocenters. The first-order chi connectivity index (χ1) is 7.15. The van der Waals surface area contributed by atoms with Crippen LogP contribution in [0.1, 0.15) is 5.56 Å². The summed E-state index contributed by atoms with van der Waals surface area (Å²) in [5, 5.41) is 4.13. The average molecular weight is 226 g/mol. The lowest BCUT2D eigenvalue weighted by Crippen LogP contribution is -2.01. The zero-order chi connectivity index (χ0) is 10.8. The molecule has 0 radical (unpaired) electrons. The monoisotopic (exact) mass is 225 g/mol. The van der Waals surface area contributed by atoms with Crippen molar-refractivity contribution in [2.75, 3.05) is 5.73 Å². The molecular formula is C10H9ClFN3. The Balaban J connectivity index is 2.21. The maximum absolute atomic E-state index is 12.9. The summed E-state index contributed by atoms with van der Waals surface area (Å²) in [4.78, 5) is 0. The maximum atomic E-state index is 12.9. The molecule has 78 valence electrons. The predicted molar refractivity (Wildman–Crippen MR) is 57.2 cm³/mol. The van der Waals surface area contributed by atoms with Crippen molar-refractivity contribution < 1.29 is 4.39 Å². The molecule has 5 heteroatoms. The van der Waals surface area contributed by atoms with Gasteiger partial charge in [0, 0.05) is 6.20 Å². The molecule has 0 spiro atoms. The van der Waals surface area contributed by atoms with E-state index in [-0.39, 0.29) is 5.02 Å². The number of benzene rings is 1. The molecule has 0 fully saturated rings. The quantitative estimate of drug-likeness (QED) is 0.853. The van der Waals surface area contributed by atoms with Crippen LogP contribution in [0.15, 0.2) is 30.5 Å².